The van der Waals surface area contributed by atoms with Gasteiger partial charge in [0.2, 0.25) is 0 Å². The third-order valence-electron chi connectivity index (χ3n) is 4.94. The lowest BCUT2D eigenvalue weighted by Gasteiger charge is -2.13. The van der Waals surface area contributed by atoms with Gasteiger partial charge in [-0.05, 0) is 47.3 Å². The molecule has 0 fully saturated rings. The van der Waals surface area contributed by atoms with Gasteiger partial charge in [-0.3, -0.25) is 0 Å². The molecule has 39 heavy (non-hydrogen) atoms. The molecule has 17 heteroatoms. The molecule has 0 radical (unpaired) electrons. The van der Waals surface area contributed by atoms with E-state index in [1.165, 1.54) is 34.6 Å². The molecule has 0 amide bonds. The number of benzene rings is 2. The lowest BCUT2D eigenvalue weighted by atomic mass is 10.0. The van der Waals surface area contributed by atoms with E-state index < -0.39 is 29.0 Å². The zero-order valence-electron chi connectivity index (χ0n) is 19.4. The molecule has 4 aromatic rings. The minimum absolute atomic E-state index is 0.0329. The summed E-state index contributed by atoms with van der Waals surface area (Å²) in [6.45, 7) is 0.0329. The van der Waals surface area contributed by atoms with E-state index in [0.29, 0.717) is 33.6 Å². The Labute approximate surface area is 229 Å². The largest absolute Gasteiger partial charge is 0.416 e. The number of nitrogens with zero attached hydrogens (tertiary/aromatic N) is 8. The average molecular weight is 603 g/mol. The average Bonchev–Trinajstić information content (AvgIpc) is 3.25. The Morgan fingerprint density at radius 1 is 0.949 bits per heavy atom. The molecule has 0 saturated carbocycles. The molecule has 202 valence electrons. The maximum Gasteiger partial charge on any atom is 0.416 e. The summed E-state index contributed by atoms with van der Waals surface area (Å²) in [7, 11) is 0. The van der Waals surface area contributed by atoms with Crippen molar-refractivity contribution in [1.29, 1.82) is 0 Å². The van der Waals surface area contributed by atoms with Crippen LogP contribution in [0.2, 0.25) is 5.15 Å². The number of thioether (sulfide) groups is 1. The summed E-state index contributed by atoms with van der Waals surface area (Å²) >= 11 is 8.23. The standard InChI is InChI=1S/C22H13ClF6N8S2/c1-38-19-31-16(23)9-17(32-19)39-20-33-18(35-37(20)10-11-2-4-15(5-3-11)34-36-30)12-6-13(21(24,25)26)8-14(7-12)22(27,28)29/h2-9H,10H2,1H3. The Bertz CT molecular complexity index is 1520. The second-order valence-corrected chi connectivity index (χ2v) is 9.79. The fourth-order valence-electron chi connectivity index (χ4n) is 3.22. The molecule has 0 bridgehead atoms. The van der Waals surface area contributed by atoms with E-state index in [-0.39, 0.29) is 28.7 Å². The molecular weight excluding hydrogens is 590 g/mol. The van der Waals surface area contributed by atoms with E-state index in [1.54, 1.807) is 18.4 Å². The van der Waals surface area contributed by atoms with Gasteiger partial charge in [0.05, 0.1) is 17.7 Å². The van der Waals surface area contributed by atoms with Crippen LogP contribution >= 0.6 is 35.1 Å². The van der Waals surface area contributed by atoms with Crippen LogP contribution in [-0.2, 0) is 18.9 Å². The molecule has 0 atom stereocenters. The second-order valence-electron chi connectivity index (χ2n) is 7.64. The number of hydrogen-bond acceptors (Lipinski definition) is 7. The number of hydrogen-bond donors (Lipinski definition) is 0. The van der Waals surface area contributed by atoms with Crippen molar-refractivity contribution in [2.75, 3.05) is 6.26 Å². The van der Waals surface area contributed by atoms with Gasteiger partial charge in [0.25, 0.3) is 0 Å². The number of alkyl halides is 6. The summed E-state index contributed by atoms with van der Waals surface area (Å²) in [6, 6.07) is 8.92. The molecule has 0 aliphatic rings. The normalized spacial score (nSPS) is 11.9. The summed E-state index contributed by atoms with van der Waals surface area (Å²) in [5.41, 5.74) is 6.12. The third-order valence-corrected chi connectivity index (χ3v) is 6.59. The van der Waals surface area contributed by atoms with Gasteiger partial charge in [-0.25, -0.2) is 19.6 Å². The van der Waals surface area contributed by atoms with Crippen LogP contribution in [0.25, 0.3) is 21.8 Å². The molecule has 4 rings (SSSR count). The zero-order valence-corrected chi connectivity index (χ0v) is 21.8. The maximum absolute atomic E-state index is 13.4. The molecule has 0 N–H and O–H groups in total. The van der Waals surface area contributed by atoms with Gasteiger partial charge in [0.15, 0.2) is 16.1 Å². The van der Waals surface area contributed by atoms with Crippen LogP contribution in [0, 0.1) is 0 Å². The van der Waals surface area contributed by atoms with Crippen molar-refractivity contribution in [2.45, 2.75) is 34.2 Å². The lowest BCUT2D eigenvalue weighted by molar-refractivity contribution is -0.143. The molecule has 8 nitrogen and oxygen atoms in total. The highest BCUT2D eigenvalue weighted by Crippen LogP contribution is 2.39. The van der Waals surface area contributed by atoms with Gasteiger partial charge >= 0.3 is 12.4 Å². The first-order valence-electron chi connectivity index (χ1n) is 10.5. The van der Waals surface area contributed by atoms with Gasteiger partial charge < -0.3 is 0 Å². The smallest absolute Gasteiger partial charge is 0.235 e. The van der Waals surface area contributed by atoms with Crippen LogP contribution in [0.4, 0.5) is 32.0 Å². The van der Waals surface area contributed by atoms with Crippen LogP contribution in [0.1, 0.15) is 16.7 Å². The molecule has 0 spiro atoms. The maximum atomic E-state index is 13.4. The number of aromatic nitrogens is 5. The van der Waals surface area contributed by atoms with Gasteiger partial charge in [-0.1, -0.05) is 52.7 Å². The van der Waals surface area contributed by atoms with E-state index in [1.807, 2.05) is 0 Å². The summed E-state index contributed by atoms with van der Waals surface area (Å²) in [5.74, 6) is -0.356. The molecule has 0 saturated heterocycles. The fourth-order valence-corrected chi connectivity index (χ4v) is 4.79. The van der Waals surface area contributed by atoms with E-state index >= 15 is 0 Å². The predicted molar refractivity (Wildman–Crippen MR) is 133 cm³/mol. The number of halogens is 7. The molecule has 2 aromatic heterocycles. The van der Waals surface area contributed by atoms with Gasteiger partial charge in [-0.15, -0.1) is 5.10 Å². The van der Waals surface area contributed by atoms with E-state index in [4.69, 9.17) is 17.1 Å². The van der Waals surface area contributed by atoms with Crippen LogP contribution < -0.4 is 0 Å². The van der Waals surface area contributed by atoms with Crippen molar-refractivity contribution in [3.63, 3.8) is 0 Å². The Balaban J connectivity index is 1.82. The van der Waals surface area contributed by atoms with Crippen molar-refractivity contribution in [2.24, 2.45) is 5.11 Å². The monoisotopic (exact) mass is 602 g/mol. The number of azide groups is 1. The van der Waals surface area contributed by atoms with Crippen LogP contribution in [0.15, 0.2) is 69.0 Å². The summed E-state index contributed by atoms with van der Waals surface area (Å²) in [4.78, 5) is 15.3. The van der Waals surface area contributed by atoms with Crippen molar-refractivity contribution in [1.82, 2.24) is 24.7 Å². The Hall–Kier alpha value is -3.46. The van der Waals surface area contributed by atoms with E-state index in [0.717, 1.165) is 11.8 Å². The Kier molecular flexibility index (Phi) is 8.30. The second kappa shape index (κ2) is 11.3. The fraction of sp³-hybridized carbons (Fsp3) is 0.182. The van der Waals surface area contributed by atoms with Crippen LogP contribution in [-0.4, -0.2) is 31.0 Å². The highest BCUT2D eigenvalue weighted by Gasteiger charge is 2.37. The predicted octanol–water partition coefficient (Wildman–Crippen LogP) is 8.29. The van der Waals surface area contributed by atoms with E-state index in [9.17, 15) is 26.3 Å². The summed E-state index contributed by atoms with van der Waals surface area (Å²) in [5, 5.41) is 8.64. The topological polar surface area (TPSA) is 105 Å². The first-order chi connectivity index (χ1) is 18.4. The SMILES string of the molecule is CSc1nc(Cl)cc(Sc2nc(-c3cc(C(F)(F)F)cc(C(F)(F)F)c3)nn2Cc2ccc(N=[N+]=[N-])cc2)n1. The van der Waals surface area contributed by atoms with Gasteiger partial charge in [-0.2, -0.15) is 26.3 Å². The molecule has 0 aliphatic heterocycles. The van der Waals surface area contributed by atoms with Crippen LogP contribution in [0.3, 0.4) is 0 Å². The molecule has 0 aliphatic carbocycles. The Morgan fingerprint density at radius 3 is 2.15 bits per heavy atom. The molecular formula is C22H13ClF6N8S2. The van der Waals surface area contributed by atoms with Gasteiger partial charge in [0.1, 0.15) is 10.2 Å². The number of rotatable bonds is 7. The van der Waals surface area contributed by atoms with Gasteiger partial charge in [0, 0.05) is 22.2 Å². The lowest BCUT2D eigenvalue weighted by Crippen LogP contribution is -2.11. The van der Waals surface area contributed by atoms with Crippen molar-refractivity contribution >= 4 is 40.8 Å². The van der Waals surface area contributed by atoms with Crippen molar-refractivity contribution in [3.05, 3.63) is 80.8 Å². The molecule has 2 aromatic carbocycles. The van der Waals surface area contributed by atoms with Crippen molar-refractivity contribution < 1.29 is 26.3 Å². The Morgan fingerprint density at radius 2 is 1.59 bits per heavy atom. The quantitative estimate of drug-likeness (QED) is 0.0401. The highest BCUT2D eigenvalue weighted by molar-refractivity contribution is 7.99. The summed E-state index contributed by atoms with van der Waals surface area (Å²) in [6.07, 6.45) is -8.34. The third kappa shape index (κ3) is 7.15. The van der Waals surface area contributed by atoms with Crippen molar-refractivity contribution in [3.8, 4) is 11.4 Å². The highest BCUT2D eigenvalue weighted by atomic mass is 35.5. The van der Waals surface area contributed by atoms with Crippen LogP contribution in [0.5, 0.6) is 0 Å². The van der Waals surface area contributed by atoms with E-state index in [2.05, 4.69) is 30.1 Å². The zero-order chi connectivity index (χ0) is 28.4. The molecule has 0 unspecified atom stereocenters. The summed E-state index contributed by atoms with van der Waals surface area (Å²) < 4.78 is 81.9. The molecule has 2 heterocycles. The minimum Gasteiger partial charge on any atom is -0.235 e. The first-order valence-corrected chi connectivity index (χ1v) is 12.9. The minimum atomic E-state index is -5.03. The first kappa shape index (κ1) is 28.5.